The van der Waals surface area contributed by atoms with Crippen LogP contribution in [0.15, 0.2) is 27.8 Å². The lowest BCUT2D eigenvalue weighted by Gasteiger charge is -2.59. The van der Waals surface area contributed by atoms with E-state index in [1.54, 1.807) is 13.4 Å². The molecular formula is C16H28IN3O2. The zero-order valence-corrected chi connectivity index (χ0v) is 16.4. The van der Waals surface area contributed by atoms with Crippen molar-refractivity contribution in [2.45, 2.75) is 52.3 Å². The Hall–Kier alpha value is -0.760. The summed E-state index contributed by atoms with van der Waals surface area (Å²) >= 11 is 0. The molecule has 0 saturated heterocycles. The van der Waals surface area contributed by atoms with Crippen molar-refractivity contribution in [1.82, 2.24) is 10.6 Å². The van der Waals surface area contributed by atoms with Gasteiger partial charge in [-0.05, 0) is 32.4 Å². The number of guanidine groups is 1. The molecule has 0 bridgehead atoms. The summed E-state index contributed by atoms with van der Waals surface area (Å²) in [5.74, 6) is 1.69. The van der Waals surface area contributed by atoms with Crippen molar-refractivity contribution in [2.24, 2.45) is 10.4 Å². The lowest BCUT2D eigenvalue weighted by Crippen LogP contribution is -2.69. The van der Waals surface area contributed by atoms with Crippen molar-refractivity contribution in [3.63, 3.8) is 0 Å². The number of nitrogens with zero attached hydrogens (tertiary/aromatic N) is 1. The molecule has 0 spiro atoms. The first-order valence-electron chi connectivity index (χ1n) is 7.55. The van der Waals surface area contributed by atoms with E-state index < -0.39 is 0 Å². The number of aliphatic imine (C=N–C) groups is 1. The normalized spacial score (nSPS) is 26.8. The highest BCUT2D eigenvalue weighted by atomic mass is 127. The van der Waals surface area contributed by atoms with Gasteiger partial charge in [-0.25, -0.2) is 4.99 Å². The van der Waals surface area contributed by atoms with Gasteiger partial charge in [-0.3, -0.25) is 0 Å². The molecule has 0 aromatic carbocycles. The third-order valence-corrected chi connectivity index (χ3v) is 4.91. The van der Waals surface area contributed by atoms with E-state index in [9.17, 15) is 0 Å². The van der Waals surface area contributed by atoms with Gasteiger partial charge in [0.25, 0.3) is 0 Å². The van der Waals surface area contributed by atoms with Crippen LogP contribution in [-0.2, 0) is 11.3 Å². The van der Waals surface area contributed by atoms with Crippen molar-refractivity contribution < 1.29 is 9.15 Å². The average molecular weight is 421 g/mol. The zero-order chi connectivity index (χ0) is 15.5. The predicted octanol–water partition coefficient (Wildman–Crippen LogP) is 3.16. The highest BCUT2D eigenvalue weighted by molar-refractivity contribution is 14.0. The van der Waals surface area contributed by atoms with Gasteiger partial charge >= 0.3 is 0 Å². The third kappa shape index (κ3) is 3.76. The first kappa shape index (κ1) is 19.3. The van der Waals surface area contributed by atoms with Gasteiger partial charge in [-0.2, -0.15) is 0 Å². The molecule has 1 saturated carbocycles. The average Bonchev–Trinajstić information content (AvgIpc) is 2.97. The van der Waals surface area contributed by atoms with Gasteiger partial charge in [0.1, 0.15) is 12.3 Å². The molecule has 1 aliphatic rings. The standard InChI is InChI=1S/C16H27N3O2.HI/c1-6-17-14(18-11-12-8-7-9-21-12)19-13-10-16(4,20-5)15(13,2)3;/h7-9,13H,6,10-11H2,1-5H3,(H2,17,18,19);1H. The minimum atomic E-state index is -0.0804. The maximum absolute atomic E-state index is 5.66. The largest absolute Gasteiger partial charge is 0.467 e. The SMILES string of the molecule is CCNC(=NCc1ccco1)NC1CC(C)(OC)C1(C)C.I. The lowest BCUT2D eigenvalue weighted by molar-refractivity contribution is -0.176. The summed E-state index contributed by atoms with van der Waals surface area (Å²) < 4.78 is 11.0. The third-order valence-electron chi connectivity index (χ3n) is 4.91. The Bertz CT molecular complexity index is 488. The molecule has 0 aliphatic heterocycles. The second-order valence-corrected chi connectivity index (χ2v) is 6.33. The molecule has 1 fully saturated rings. The molecule has 2 N–H and O–H groups in total. The Morgan fingerprint density at radius 2 is 2.18 bits per heavy atom. The van der Waals surface area contributed by atoms with Crippen LogP contribution in [0.25, 0.3) is 0 Å². The second kappa shape index (κ2) is 7.68. The van der Waals surface area contributed by atoms with Gasteiger partial charge in [0.15, 0.2) is 5.96 Å². The van der Waals surface area contributed by atoms with Crippen LogP contribution in [0.5, 0.6) is 0 Å². The highest BCUT2D eigenvalue weighted by Gasteiger charge is 2.58. The van der Waals surface area contributed by atoms with Crippen LogP contribution in [0.3, 0.4) is 0 Å². The summed E-state index contributed by atoms with van der Waals surface area (Å²) in [6.07, 6.45) is 2.64. The van der Waals surface area contributed by atoms with Crippen molar-refractivity contribution in [2.75, 3.05) is 13.7 Å². The van der Waals surface area contributed by atoms with E-state index in [0.29, 0.717) is 12.6 Å². The fourth-order valence-corrected chi connectivity index (χ4v) is 2.77. The van der Waals surface area contributed by atoms with Crippen LogP contribution in [0.1, 0.15) is 39.9 Å². The minimum absolute atomic E-state index is 0. The molecule has 0 amide bonds. The maximum Gasteiger partial charge on any atom is 0.191 e. The molecule has 1 aromatic heterocycles. The number of rotatable bonds is 5. The van der Waals surface area contributed by atoms with Crippen molar-refractivity contribution in [1.29, 1.82) is 0 Å². The number of furan rings is 1. The van der Waals surface area contributed by atoms with Gasteiger partial charge in [-0.15, -0.1) is 24.0 Å². The predicted molar refractivity (Wildman–Crippen MR) is 99.7 cm³/mol. The van der Waals surface area contributed by atoms with Crippen LogP contribution < -0.4 is 10.6 Å². The lowest BCUT2D eigenvalue weighted by atomic mass is 9.56. The Labute approximate surface area is 150 Å². The van der Waals surface area contributed by atoms with Crippen molar-refractivity contribution in [3.8, 4) is 0 Å². The second-order valence-electron chi connectivity index (χ2n) is 6.33. The quantitative estimate of drug-likeness (QED) is 0.436. The molecule has 6 heteroatoms. The molecule has 1 heterocycles. The summed E-state index contributed by atoms with van der Waals surface area (Å²) in [4.78, 5) is 4.58. The smallest absolute Gasteiger partial charge is 0.191 e. The van der Waals surface area contributed by atoms with Gasteiger partial charge in [-0.1, -0.05) is 13.8 Å². The Kier molecular flexibility index (Phi) is 6.73. The Morgan fingerprint density at radius 3 is 2.68 bits per heavy atom. The summed E-state index contributed by atoms with van der Waals surface area (Å²) in [5, 5.41) is 6.80. The molecule has 1 aliphatic carbocycles. The van der Waals surface area contributed by atoms with E-state index in [-0.39, 0.29) is 35.0 Å². The van der Waals surface area contributed by atoms with Crippen LogP contribution in [-0.4, -0.2) is 31.3 Å². The summed E-state index contributed by atoms with van der Waals surface area (Å²) in [5.41, 5.74) is -0.0222. The molecule has 1 aromatic rings. The molecule has 22 heavy (non-hydrogen) atoms. The number of methoxy groups -OCH3 is 1. The zero-order valence-electron chi connectivity index (χ0n) is 14.1. The number of halogens is 1. The number of ether oxygens (including phenoxy) is 1. The molecule has 2 unspecified atom stereocenters. The monoisotopic (exact) mass is 421 g/mol. The van der Waals surface area contributed by atoms with Gasteiger partial charge < -0.3 is 19.8 Å². The Balaban J connectivity index is 0.00000242. The van der Waals surface area contributed by atoms with E-state index in [4.69, 9.17) is 9.15 Å². The van der Waals surface area contributed by atoms with Gasteiger partial charge in [0.05, 0.1) is 11.9 Å². The molecule has 5 nitrogen and oxygen atoms in total. The van der Waals surface area contributed by atoms with Crippen LogP contribution in [0, 0.1) is 5.41 Å². The van der Waals surface area contributed by atoms with E-state index in [2.05, 4.69) is 43.3 Å². The first-order chi connectivity index (χ1) is 9.93. The van der Waals surface area contributed by atoms with Crippen molar-refractivity contribution in [3.05, 3.63) is 24.2 Å². The molecule has 0 radical (unpaired) electrons. The Morgan fingerprint density at radius 1 is 1.45 bits per heavy atom. The summed E-state index contributed by atoms with van der Waals surface area (Å²) in [6, 6.07) is 4.16. The van der Waals surface area contributed by atoms with E-state index >= 15 is 0 Å². The number of hydrogen-bond donors (Lipinski definition) is 2. The van der Waals surface area contributed by atoms with Crippen LogP contribution >= 0.6 is 24.0 Å². The van der Waals surface area contributed by atoms with Gasteiger partial charge in [0.2, 0.25) is 0 Å². The summed E-state index contributed by atoms with van der Waals surface area (Å²) in [7, 11) is 1.79. The minimum Gasteiger partial charge on any atom is -0.467 e. The van der Waals surface area contributed by atoms with Gasteiger partial charge in [0, 0.05) is 25.1 Å². The number of nitrogens with one attached hydrogen (secondary N) is 2. The first-order valence-corrected chi connectivity index (χ1v) is 7.55. The summed E-state index contributed by atoms with van der Waals surface area (Å²) in [6.45, 7) is 10.1. The highest BCUT2D eigenvalue weighted by Crippen LogP contribution is 2.51. The van der Waals surface area contributed by atoms with Crippen LogP contribution in [0.2, 0.25) is 0 Å². The molecule has 2 rings (SSSR count). The molecule has 126 valence electrons. The molecular weight excluding hydrogens is 393 g/mol. The van der Waals surface area contributed by atoms with Crippen LogP contribution in [0.4, 0.5) is 0 Å². The van der Waals surface area contributed by atoms with Crippen molar-refractivity contribution >= 4 is 29.9 Å². The molecule has 2 atom stereocenters. The van der Waals surface area contributed by atoms with E-state index in [1.807, 2.05) is 12.1 Å². The van der Waals surface area contributed by atoms with E-state index in [1.165, 1.54) is 0 Å². The van der Waals surface area contributed by atoms with E-state index in [0.717, 1.165) is 24.7 Å². The fourth-order valence-electron chi connectivity index (χ4n) is 2.77. The topological polar surface area (TPSA) is 58.8 Å². The number of hydrogen-bond acceptors (Lipinski definition) is 3. The fraction of sp³-hybridized carbons (Fsp3) is 0.688. The maximum atomic E-state index is 5.66.